The third-order valence-corrected chi connectivity index (χ3v) is 3.51. The van der Waals surface area contributed by atoms with Crippen LogP contribution in [-0.4, -0.2) is 26.8 Å². The van der Waals surface area contributed by atoms with Crippen LogP contribution in [0.2, 0.25) is 0 Å². The first-order valence-corrected chi connectivity index (χ1v) is 7.07. The molecule has 3 aromatic rings. The lowest BCUT2D eigenvalue weighted by molar-refractivity contribution is -0.110. The molecule has 3 N–H and O–H groups in total. The van der Waals surface area contributed by atoms with Gasteiger partial charge in [0.15, 0.2) is 0 Å². The van der Waals surface area contributed by atoms with Gasteiger partial charge in [0.05, 0.1) is 30.0 Å². The predicted molar refractivity (Wildman–Crippen MR) is 86.0 cm³/mol. The molecule has 0 radical (unpaired) electrons. The molecule has 118 valence electrons. The zero-order valence-corrected chi connectivity index (χ0v) is 12.2. The Kier molecular flexibility index (Phi) is 3.20. The van der Waals surface area contributed by atoms with Crippen molar-refractivity contribution in [3.8, 4) is 0 Å². The van der Waals surface area contributed by atoms with E-state index in [1.54, 1.807) is 30.5 Å². The number of anilines is 2. The van der Waals surface area contributed by atoms with Crippen molar-refractivity contribution in [1.29, 1.82) is 0 Å². The van der Waals surface area contributed by atoms with Crippen molar-refractivity contribution in [3.63, 3.8) is 0 Å². The van der Waals surface area contributed by atoms with Gasteiger partial charge in [0.2, 0.25) is 0 Å². The molecular weight excluding hydrogens is 310 g/mol. The largest absolute Gasteiger partial charge is 0.441 e. The van der Waals surface area contributed by atoms with Gasteiger partial charge in [0.25, 0.3) is 11.8 Å². The lowest BCUT2D eigenvalue weighted by atomic mass is 10.1. The summed E-state index contributed by atoms with van der Waals surface area (Å²) in [6.07, 6.45) is 7.57. The quantitative estimate of drug-likeness (QED) is 0.640. The van der Waals surface area contributed by atoms with Crippen molar-refractivity contribution < 1.29 is 14.0 Å². The molecule has 0 saturated carbocycles. The monoisotopic (exact) mass is 321 g/mol. The summed E-state index contributed by atoms with van der Waals surface area (Å²) in [4.78, 5) is 34.8. The maximum atomic E-state index is 12.2. The van der Waals surface area contributed by atoms with E-state index in [9.17, 15) is 9.59 Å². The molecule has 1 aliphatic rings. The van der Waals surface area contributed by atoms with Gasteiger partial charge in [-0.3, -0.25) is 9.59 Å². The van der Waals surface area contributed by atoms with Crippen LogP contribution in [0, 0.1) is 0 Å². The number of nitrogens with zero attached hydrogens (tertiary/aromatic N) is 2. The second kappa shape index (κ2) is 5.51. The normalized spacial score (nSPS) is 14.5. The highest BCUT2D eigenvalue weighted by molar-refractivity contribution is 6.35. The molecule has 0 unspecified atom stereocenters. The van der Waals surface area contributed by atoms with Crippen LogP contribution in [-0.2, 0) is 4.79 Å². The Morgan fingerprint density at radius 3 is 3.00 bits per heavy atom. The topological polar surface area (TPSA) is 113 Å². The third-order valence-electron chi connectivity index (χ3n) is 3.51. The Morgan fingerprint density at radius 2 is 2.25 bits per heavy atom. The number of oxazole rings is 1. The van der Waals surface area contributed by atoms with Gasteiger partial charge in [0.1, 0.15) is 6.26 Å². The second-order valence-corrected chi connectivity index (χ2v) is 5.07. The molecule has 0 aliphatic carbocycles. The minimum absolute atomic E-state index is 0.0297. The Balaban J connectivity index is 1.66. The average Bonchev–Trinajstić information content (AvgIpc) is 3.31. The number of aromatic nitrogens is 3. The summed E-state index contributed by atoms with van der Waals surface area (Å²) in [5.41, 5.74) is 3.10. The van der Waals surface area contributed by atoms with Crippen LogP contribution in [0.5, 0.6) is 0 Å². The predicted octanol–water partition coefficient (Wildman–Crippen LogP) is 2.14. The SMILES string of the molecule is O=C1Nc2ccc(NC(=O)c3ncco3)cc2/C1=C/c1cnc[nH]1. The highest BCUT2D eigenvalue weighted by Gasteiger charge is 2.25. The van der Waals surface area contributed by atoms with E-state index < -0.39 is 5.91 Å². The number of carbonyl (C=O) groups excluding carboxylic acids is 2. The van der Waals surface area contributed by atoms with Gasteiger partial charge in [0, 0.05) is 16.9 Å². The molecule has 2 amide bonds. The van der Waals surface area contributed by atoms with Gasteiger partial charge in [-0.15, -0.1) is 0 Å². The number of benzene rings is 1. The van der Waals surface area contributed by atoms with Crippen molar-refractivity contribution >= 4 is 34.8 Å². The molecule has 2 aromatic heterocycles. The van der Waals surface area contributed by atoms with Gasteiger partial charge in [-0.2, -0.15) is 0 Å². The average molecular weight is 321 g/mol. The lowest BCUT2D eigenvalue weighted by Gasteiger charge is -2.05. The van der Waals surface area contributed by atoms with Crippen molar-refractivity contribution in [2.24, 2.45) is 0 Å². The van der Waals surface area contributed by atoms with E-state index in [-0.39, 0.29) is 11.8 Å². The number of rotatable bonds is 3. The number of nitrogens with one attached hydrogen (secondary N) is 3. The molecular formula is C16H11N5O3. The molecule has 0 spiro atoms. The summed E-state index contributed by atoms with van der Waals surface area (Å²) >= 11 is 0. The number of imidazole rings is 1. The van der Waals surface area contributed by atoms with Crippen LogP contribution in [0.3, 0.4) is 0 Å². The summed E-state index contributed by atoms with van der Waals surface area (Å²) in [6, 6.07) is 5.14. The summed E-state index contributed by atoms with van der Waals surface area (Å²) in [6.45, 7) is 0. The van der Waals surface area contributed by atoms with E-state index >= 15 is 0 Å². The zero-order chi connectivity index (χ0) is 16.5. The Morgan fingerprint density at radius 1 is 1.33 bits per heavy atom. The number of fused-ring (bicyclic) bond motifs is 1. The number of carbonyl (C=O) groups is 2. The first kappa shape index (κ1) is 13.9. The molecule has 8 heteroatoms. The standard InChI is InChI=1S/C16H11N5O3/c22-14-12(6-10-7-17-8-19-10)11-5-9(1-2-13(11)21-14)20-15(23)16-18-3-4-24-16/h1-8H,(H,17,19)(H,20,23)(H,21,22)/b12-6-. The Labute approximate surface area is 135 Å². The second-order valence-electron chi connectivity index (χ2n) is 5.07. The Bertz CT molecular complexity index is 942. The maximum absolute atomic E-state index is 12.2. The fraction of sp³-hybridized carbons (Fsp3) is 0. The Hall–Kier alpha value is -3.68. The molecule has 0 atom stereocenters. The maximum Gasteiger partial charge on any atom is 0.311 e. The first-order valence-electron chi connectivity index (χ1n) is 7.07. The molecule has 0 saturated heterocycles. The van der Waals surface area contributed by atoms with Gasteiger partial charge in [-0.05, 0) is 24.3 Å². The van der Waals surface area contributed by atoms with E-state index in [2.05, 4.69) is 25.6 Å². The van der Waals surface area contributed by atoms with E-state index in [1.807, 2.05) is 0 Å². The zero-order valence-electron chi connectivity index (χ0n) is 12.2. The molecule has 24 heavy (non-hydrogen) atoms. The minimum atomic E-state index is -0.462. The van der Waals surface area contributed by atoms with Gasteiger partial charge < -0.3 is 20.0 Å². The molecule has 0 fully saturated rings. The summed E-state index contributed by atoms with van der Waals surface area (Å²) in [5.74, 6) is -0.704. The smallest absolute Gasteiger partial charge is 0.311 e. The van der Waals surface area contributed by atoms with Crippen molar-refractivity contribution in [2.75, 3.05) is 10.6 Å². The molecule has 1 aromatic carbocycles. The minimum Gasteiger partial charge on any atom is -0.441 e. The third kappa shape index (κ3) is 2.45. The van der Waals surface area contributed by atoms with Gasteiger partial charge in [-0.1, -0.05) is 0 Å². The van der Waals surface area contributed by atoms with E-state index in [0.29, 0.717) is 28.2 Å². The first-order chi connectivity index (χ1) is 11.7. The summed E-state index contributed by atoms with van der Waals surface area (Å²) in [7, 11) is 0. The van der Waals surface area contributed by atoms with Gasteiger partial charge in [-0.25, -0.2) is 9.97 Å². The fourth-order valence-corrected chi connectivity index (χ4v) is 2.43. The van der Waals surface area contributed by atoms with E-state index in [4.69, 9.17) is 4.42 Å². The highest BCUT2D eigenvalue weighted by Crippen LogP contribution is 2.34. The van der Waals surface area contributed by atoms with Crippen molar-refractivity contribution in [3.05, 3.63) is 60.3 Å². The summed E-state index contributed by atoms with van der Waals surface area (Å²) < 4.78 is 4.96. The summed E-state index contributed by atoms with van der Waals surface area (Å²) in [5, 5.41) is 5.47. The van der Waals surface area contributed by atoms with Crippen LogP contribution < -0.4 is 10.6 Å². The number of amides is 2. The van der Waals surface area contributed by atoms with E-state index in [0.717, 1.165) is 0 Å². The number of hydrogen-bond donors (Lipinski definition) is 3. The molecule has 4 rings (SSSR count). The van der Waals surface area contributed by atoms with Crippen LogP contribution in [0.15, 0.2) is 47.6 Å². The fourth-order valence-electron chi connectivity index (χ4n) is 2.43. The van der Waals surface area contributed by atoms with Crippen molar-refractivity contribution in [2.45, 2.75) is 0 Å². The van der Waals surface area contributed by atoms with Crippen LogP contribution in [0.1, 0.15) is 21.9 Å². The van der Waals surface area contributed by atoms with Crippen LogP contribution in [0.4, 0.5) is 11.4 Å². The van der Waals surface area contributed by atoms with Gasteiger partial charge >= 0.3 is 5.91 Å². The molecule has 1 aliphatic heterocycles. The molecule has 0 bridgehead atoms. The van der Waals surface area contributed by atoms with Crippen LogP contribution >= 0.6 is 0 Å². The van der Waals surface area contributed by atoms with Crippen molar-refractivity contribution in [1.82, 2.24) is 15.0 Å². The lowest BCUT2D eigenvalue weighted by Crippen LogP contribution is -2.12. The number of hydrogen-bond acceptors (Lipinski definition) is 5. The number of H-pyrrole nitrogens is 1. The molecule has 3 heterocycles. The highest BCUT2D eigenvalue weighted by atomic mass is 16.3. The number of aromatic amines is 1. The van der Waals surface area contributed by atoms with Crippen LogP contribution in [0.25, 0.3) is 11.6 Å². The van der Waals surface area contributed by atoms with E-state index in [1.165, 1.54) is 18.8 Å². The molecule has 8 nitrogen and oxygen atoms in total.